The smallest absolute Gasteiger partial charge is 0.306 e. The lowest BCUT2D eigenvalue weighted by molar-refractivity contribution is -0.141. The van der Waals surface area contributed by atoms with Gasteiger partial charge in [0.25, 0.3) is 5.91 Å². The number of aliphatic carboxylic acids is 1. The molecule has 3 heterocycles. The molecule has 2 aromatic heterocycles. The van der Waals surface area contributed by atoms with Gasteiger partial charge in [0.1, 0.15) is 36.7 Å². The number of rotatable bonds is 10. The number of carboxylic acid groups (broad SMARTS) is 1. The maximum absolute atomic E-state index is 14.8. The van der Waals surface area contributed by atoms with E-state index in [0.29, 0.717) is 6.61 Å². The number of carboxylic acids is 1. The van der Waals surface area contributed by atoms with Gasteiger partial charge in [-0.05, 0) is 37.1 Å². The number of hydrogen-bond acceptors (Lipinski definition) is 8. The number of anilines is 1. The third kappa shape index (κ3) is 6.67. The van der Waals surface area contributed by atoms with Crippen LogP contribution in [-0.2, 0) is 16.3 Å². The number of amides is 1. The normalized spacial score (nSPS) is 24.2. The van der Waals surface area contributed by atoms with Crippen LogP contribution in [0.2, 0.25) is 25.7 Å². The van der Waals surface area contributed by atoms with E-state index in [2.05, 4.69) is 40.0 Å². The summed E-state index contributed by atoms with van der Waals surface area (Å²) in [5.74, 6) is -3.89. The van der Waals surface area contributed by atoms with E-state index in [1.807, 2.05) is 0 Å². The van der Waals surface area contributed by atoms with E-state index in [-0.39, 0.29) is 60.6 Å². The van der Waals surface area contributed by atoms with Gasteiger partial charge in [0.2, 0.25) is 0 Å². The van der Waals surface area contributed by atoms with Gasteiger partial charge < -0.3 is 25.2 Å². The molecule has 0 bridgehead atoms. The van der Waals surface area contributed by atoms with Crippen LogP contribution in [-0.4, -0.2) is 86.3 Å². The summed E-state index contributed by atoms with van der Waals surface area (Å²) < 4.78 is 50.8. The molecule has 5 atom stereocenters. The van der Waals surface area contributed by atoms with Crippen molar-refractivity contribution in [3.63, 3.8) is 0 Å². The summed E-state index contributed by atoms with van der Waals surface area (Å²) in [5.41, 5.74) is -0.0824. The number of alkyl halides is 1. The van der Waals surface area contributed by atoms with E-state index in [9.17, 15) is 33.0 Å². The van der Waals surface area contributed by atoms with E-state index >= 15 is 0 Å². The Morgan fingerprint density at radius 1 is 1.16 bits per heavy atom. The number of aliphatic hydroxyl groups excluding tert-OH is 1. The van der Waals surface area contributed by atoms with Gasteiger partial charge in [0.05, 0.1) is 36.0 Å². The monoisotopic (exact) mass is 620 g/mol. The van der Waals surface area contributed by atoms with Crippen molar-refractivity contribution in [3.05, 3.63) is 47.4 Å². The molecule has 3 aromatic rings. The van der Waals surface area contributed by atoms with Crippen molar-refractivity contribution < 1.29 is 37.7 Å². The fraction of sp³-hybridized carbons (Fsp3) is 0.536. The van der Waals surface area contributed by atoms with Crippen LogP contribution in [0, 0.1) is 17.6 Å². The quantitative estimate of drug-likeness (QED) is 0.227. The number of carbonyl (C=O) groups is 2. The van der Waals surface area contributed by atoms with Gasteiger partial charge in [-0.1, -0.05) is 19.6 Å². The molecule has 1 aliphatic heterocycles. The second kappa shape index (κ2) is 12.2. The first kappa shape index (κ1) is 30.9. The molecule has 0 radical (unpaired) electrons. The van der Waals surface area contributed by atoms with Crippen molar-refractivity contribution in [2.75, 3.05) is 18.5 Å². The summed E-state index contributed by atoms with van der Waals surface area (Å²) in [5, 5.41) is 27.7. The highest BCUT2D eigenvalue weighted by Gasteiger charge is 2.41. The molecule has 3 N–H and O–H groups in total. The summed E-state index contributed by atoms with van der Waals surface area (Å²) in [6, 6.07) is 1.96. The second-order valence-corrected chi connectivity index (χ2v) is 18.0. The Balaban J connectivity index is 1.53. The van der Waals surface area contributed by atoms with Crippen LogP contribution in [0.5, 0.6) is 0 Å². The SMILES string of the molecule is C[Si](C)(C)CCOCn1nc(C(=O)N2C[C@@H](F)C[C@@H]2c2cc(F)ccc2F)c2c(N[C@@H]3C[C@@H](C(=O)O)C[C@H]3O)ncnc21. The van der Waals surface area contributed by atoms with E-state index < -0.39 is 61.9 Å². The average molecular weight is 621 g/mol. The predicted molar refractivity (Wildman–Crippen MR) is 153 cm³/mol. The van der Waals surface area contributed by atoms with Crippen LogP contribution in [0.1, 0.15) is 41.4 Å². The van der Waals surface area contributed by atoms with Crippen LogP contribution in [0.15, 0.2) is 24.5 Å². The lowest BCUT2D eigenvalue weighted by Crippen LogP contribution is -2.33. The van der Waals surface area contributed by atoms with Crippen LogP contribution in [0.4, 0.5) is 19.0 Å². The molecule has 1 amide bonds. The summed E-state index contributed by atoms with van der Waals surface area (Å²) in [6.07, 6.45) is -1.29. The number of likely N-dealkylation sites (tertiary alicyclic amines) is 1. The molecular formula is C28H35F3N6O5Si. The molecule has 1 saturated heterocycles. The molecule has 0 spiro atoms. The van der Waals surface area contributed by atoms with Crippen molar-refractivity contribution in [1.29, 1.82) is 0 Å². The molecule has 2 fully saturated rings. The highest BCUT2D eigenvalue weighted by Crippen LogP contribution is 2.38. The maximum Gasteiger partial charge on any atom is 0.306 e. The van der Waals surface area contributed by atoms with E-state index in [1.54, 1.807) is 0 Å². The summed E-state index contributed by atoms with van der Waals surface area (Å²) in [6.45, 7) is 6.67. The van der Waals surface area contributed by atoms with Crippen LogP contribution in [0.3, 0.4) is 0 Å². The van der Waals surface area contributed by atoms with Crippen molar-refractivity contribution in [2.45, 2.75) is 76.0 Å². The molecule has 2 aliphatic rings. The third-order valence-electron chi connectivity index (χ3n) is 7.97. The largest absolute Gasteiger partial charge is 0.481 e. The van der Waals surface area contributed by atoms with Crippen LogP contribution < -0.4 is 5.32 Å². The summed E-state index contributed by atoms with van der Waals surface area (Å²) in [7, 11) is -1.39. The number of nitrogens with one attached hydrogen (secondary N) is 1. The number of fused-ring (bicyclic) bond motifs is 1. The molecule has 1 aromatic carbocycles. The molecule has 232 valence electrons. The van der Waals surface area contributed by atoms with Crippen LogP contribution >= 0.6 is 0 Å². The van der Waals surface area contributed by atoms with Crippen molar-refractivity contribution in [3.8, 4) is 0 Å². The predicted octanol–water partition coefficient (Wildman–Crippen LogP) is 3.98. The topological polar surface area (TPSA) is 143 Å². The lowest BCUT2D eigenvalue weighted by Gasteiger charge is -2.24. The van der Waals surface area contributed by atoms with Crippen molar-refractivity contribution in [2.24, 2.45) is 5.92 Å². The fourth-order valence-corrected chi connectivity index (χ4v) is 6.40. The highest BCUT2D eigenvalue weighted by atomic mass is 28.3. The average Bonchev–Trinajstić information content (AvgIpc) is 3.62. The first-order valence-electron chi connectivity index (χ1n) is 14.2. The Labute approximate surface area is 247 Å². The van der Waals surface area contributed by atoms with E-state index in [0.717, 1.165) is 29.1 Å². The first-order chi connectivity index (χ1) is 20.3. The Morgan fingerprint density at radius 2 is 1.93 bits per heavy atom. The number of carbonyl (C=O) groups excluding carboxylic acids is 1. The van der Waals surface area contributed by atoms with Gasteiger partial charge in [-0.2, -0.15) is 5.10 Å². The number of aromatic nitrogens is 4. The number of halogens is 3. The zero-order chi connectivity index (χ0) is 31.1. The molecule has 11 nitrogen and oxygen atoms in total. The second-order valence-electron chi connectivity index (χ2n) is 12.4. The number of benzene rings is 1. The van der Waals surface area contributed by atoms with Gasteiger partial charge in [-0.25, -0.2) is 27.8 Å². The van der Waals surface area contributed by atoms with Gasteiger partial charge >= 0.3 is 5.97 Å². The molecule has 15 heteroatoms. The molecule has 1 saturated carbocycles. The third-order valence-corrected chi connectivity index (χ3v) is 9.67. The minimum absolute atomic E-state index is 0.0454. The minimum Gasteiger partial charge on any atom is -0.481 e. The Hall–Kier alpha value is -3.56. The number of aliphatic hydroxyl groups is 1. The highest BCUT2D eigenvalue weighted by molar-refractivity contribution is 6.76. The lowest BCUT2D eigenvalue weighted by atomic mass is 10.0. The van der Waals surface area contributed by atoms with Gasteiger partial charge in [-0.3, -0.25) is 9.59 Å². The molecule has 1 aliphatic carbocycles. The van der Waals surface area contributed by atoms with E-state index in [1.165, 1.54) is 11.0 Å². The summed E-state index contributed by atoms with van der Waals surface area (Å²) in [4.78, 5) is 35.3. The maximum atomic E-state index is 14.8. The van der Waals surface area contributed by atoms with Gasteiger partial charge in [-0.15, -0.1) is 0 Å². The zero-order valence-electron chi connectivity index (χ0n) is 24.1. The summed E-state index contributed by atoms with van der Waals surface area (Å²) >= 11 is 0. The van der Waals surface area contributed by atoms with Crippen LogP contribution in [0.25, 0.3) is 11.0 Å². The molecular weight excluding hydrogens is 585 g/mol. The number of hydrogen-bond donors (Lipinski definition) is 3. The molecule has 5 rings (SSSR count). The number of nitrogens with zero attached hydrogens (tertiary/aromatic N) is 5. The number of ether oxygens (including phenoxy) is 1. The van der Waals surface area contributed by atoms with E-state index in [4.69, 9.17) is 4.74 Å². The van der Waals surface area contributed by atoms with Gasteiger partial charge in [0, 0.05) is 26.7 Å². The zero-order valence-corrected chi connectivity index (χ0v) is 25.1. The Bertz CT molecular complexity index is 1520. The molecule has 43 heavy (non-hydrogen) atoms. The molecule has 0 unspecified atom stereocenters. The standard InChI is InChI=1S/C28H35F3N6O5Si/c1-43(2,3)7-6-42-14-37-26-23(25(32-13-33-26)34-20-8-15(28(40)41)9-22(20)38)24(35-37)27(39)36-12-17(30)11-21(36)18-10-16(29)4-5-19(18)31/h4-5,10,13,15,17,20-22,38H,6-9,11-12,14H2,1-3H3,(H,40,41)(H,32,33,34)/t15-,17+,20-,21-,22-/m1/s1. The Kier molecular flexibility index (Phi) is 8.76. The first-order valence-corrected chi connectivity index (χ1v) is 17.9. The minimum atomic E-state index is -1.48. The van der Waals surface area contributed by atoms with Gasteiger partial charge in [0.15, 0.2) is 11.3 Å². The Morgan fingerprint density at radius 3 is 2.63 bits per heavy atom. The van der Waals surface area contributed by atoms with Crippen molar-refractivity contribution >= 4 is 36.8 Å². The fourth-order valence-electron chi connectivity index (χ4n) is 5.64. The van der Waals surface area contributed by atoms with Crippen molar-refractivity contribution in [1.82, 2.24) is 24.6 Å².